The maximum atomic E-state index is 12.0. The van der Waals surface area contributed by atoms with Crippen LogP contribution >= 0.6 is 0 Å². The fourth-order valence-corrected chi connectivity index (χ4v) is 4.06. The van der Waals surface area contributed by atoms with Gasteiger partial charge in [-0.05, 0) is 48.4 Å². The average Bonchev–Trinajstić information content (AvgIpc) is 3.19. The molecule has 9 heteroatoms. The number of nitrogens with zero attached hydrogens (tertiary/aromatic N) is 5. The molecular formula is C27H24N8O. The Morgan fingerprint density at radius 3 is 2.22 bits per heavy atom. The number of benzene rings is 2. The van der Waals surface area contributed by atoms with Crippen LogP contribution < -0.4 is 16.4 Å². The first-order valence-corrected chi connectivity index (χ1v) is 11.2. The minimum Gasteiger partial charge on any atom is -0.383 e. The molecule has 0 saturated heterocycles. The first kappa shape index (κ1) is 22.7. The smallest absolute Gasteiger partial charge is 0.250 e. The highest BCUT2D eigenvalue weighted by Gasteiger charge is 2.21. The molecule has 178 valence electrons. The van der Waals surface area contributed by atoms with Crippen LogP contribution in [0.4, 0.5) is 23.1 Å². The van der Waals surface area contributed by atoms with Crippen molar-refractivity contribution in [3.63, 3.8) is 0 Å². The van der Waals surface area contributed by atoms with Crippen LogP contribution in [0.25, 0.3) is 33.4 Å². The summed E-state index contributed by atoms with van der Waals surface area (Å²) in [6.07, 6.45) is 4.84. The number of nitrogens with two attached hydrogens (primary N) is 1. The number of hydrogen-bond acceptors (Lipinski definition) is 7. The van der Waals surface area contributed by atoms with E-state index in [1.165, 1.54) is 6.33 Å². The van der Waals surface area contributed by atoms with E-state index in [-0.39, 0.29) is 5.91 Å². The molecule has 5 aromatic rings. The van der Waals surface area contributed by atoms with Gasteiger partial charge in [0.1, 0.15) is 17.8 Å². The van der Waals surface area contributed by atoms with Crippen LogP contribution in [0.15, 0.2) is 85.5 Å². The lowest BCUT2D eigenvalue weighted by molar-refractivity contribution is -0.112. The van der Waals surface area contributed by atoms with Crippen molar-refractivity contribution in [2.24, 2.45) is 7.05 Å². The second-order valence-electron chi connectivity index (χ2n) is 8.33. The Morgan fingerprint density at radius 2 is 1.56 bits per heavy atom. The second kappa shape index (κ2) is 9.30. The predicted octanol–water partition coefficient (Wildman–Crippen LogP) is 4.93. The zero-order chi connectivity index (χ0) is 25.2. The molecule has 0 atom stereocenters. The number of aryl methyl sites for hydroxylation is 1. The number of carbonyl (C=O) groups is 1. The fraction of sp³-hybridized carbons (Fsp3) is 0.0741. The van der Waals surface area contributed by atoms with Gasteiger partial charge in [0.05, 0.1) is 11.1 Å². The molecule has 4 N–H and O–H groups in total. The van der Waals surface area contributed by atoms with Crippen molar-refractivity contribution >= 4 is 40.1 Å². The molecule has 0 aliphatic carbocycles. The molecule has 9 nitrogen and oxygen atoms in total. The van der Waals surface area contributed by atoms with Crippen LogP contribution in [0.1, 0.15) is 6.92 Å². The summed E-state index contributed by atoms with van der Waals surface area (Å²) < 4.78 is 2.01. The number of rotatable bonds is 6. The van der Waals surface area contributed by atoms with E-state index in [2.05, 4.69) is 37.1 Å². The summed E-state index contributed by atoms with van der Waals surface area (Å²) in [5.74, 6) is 0.709. The molecule has 0 fully saturated rings. The topological polar surface area (TPSA) is 124 Å². The van der Waals surface area contributed by atoms with Gasteiger partial charge in [0, 0.05) is 42.0 Å². The Labute approximate surface area is 207 Å². The van der Waals surface area contributed by atoms with Crippen molar-refractivity contribution in [1.82, 2.24) is 24.5 Å². The average molecular weight is 477 g/mol. The number of hydrogen-bond donors (Lipinski definition) is 3. The molecular weight excluding hydrogens is 452 g/mol. The number of amides is 1. The third kappa shape index (κ3) is 4.25. The molecule has 0 saturated carbocycles. The van der Waals surface area contributed by atoms with Gasteiger partial charge in [-0.15, -0.1) is 0 Å². The third-order valence-corrected chi connectivity index (χ3v) is 5.80. The Balaban J connectivity index is 1.59. The van der Waals surface area contributed by atoms with Gasteiger partial charge >= 0.3 is 0 Å². The standard InChI is InChI=1S/C27H24N8O/c1-16(2)26(36)33-19-11-7-18(8-12-19)23-21(22-24(28)31-15-32-25(22)35(23)3)17-5-9-20(10-6-17)34-27-29-13-4-14-30-27/h4-15H,1H2,2-3H3,(H,33,36)(H2,28,31,32)(H,29,30,34). The van der Waals surface area contributed by atoms with Crippen molar-refractivity contribution < 1.29 is 4.79 Å². The normalized spacial score (nSPS) is 10.8. The van der Waals surface area contributed by atoms with Crippen LogP contribution in [0, 0.1) is 0 Å². The molecule has 0 aliphatic heterocycles. The Kier molecular flexibility index (Phi) is 5.87. The van der Waals surface area contributed by atoms with Crippen LogP contribution in [0.3, 0.4) is 0 Å². The predicted molar refractivity (Wildman–Crippen MR) is 143 cm³/mol. The van der Waals surface area contributed by atoms with Crippen LogP contribution in [0.5, 0.6) is 0 Å². The first-order chi connectivity index (χ1) is 17.4. The molecule has 0 aliphatic rings. The summed E-state index contributed by atoms with van der Waals surface area (Å²) >= 11 is 0. The SMILES string of the molecule is C=C(C)C(=O)Nc1ccc(-c2c(-c3ccc(Nc4ncccn4)cc3)c3c(N)ncnc3n2C)cc1. The van der Waals surface area contributed by atoms with Gasteiger partial charge in [-0.1, -0.05) is 30.8 Å². The van der Waals surface area contributed by atoms with Crippen LogP contribution in [-0.4, -0.2) is 30.4 Å². The molecule has 0 radical (unpaired) electrons. The van der Waals surface area contributed by atoms with Gasteiger partial charge in [0.15, 0.2) is 0 Å². The number of fused-ring (bicyclic) bond motifs is 1. The van der Waals surface area contributed by atoms with Crippen molar-refractivity contribution in [2.75, 3.05) is 16.4 Å². The van der Waals surface area contributed by atoms with Crippen molar-refractivity contribution in [2.45, 2.75) is 6.92 Å². The van der Waals surface area contributed by atoms with E-state index >= 15 is 0 Å². The largest absolute Gasteiger partial charge is 0.383 e. The molecule has 0 bridgehead atoms. The summed E-state index contributed by atoms with van der Waals surface area (Å²) in [7, 11) is 1.95. The highest BCUT2D eigenvalue weighted by Crippen LogP contribution is 2.42. The van der Waals surface area contributed by atoms with Crippen LogP contribution in [0.2, 0.25) is 0 Å². The van der Waals surface area contributed by atoms with E-state index in [0.29, 0.717) is 23.0 Å². The Morgan fingerprint density at radius 1 is 0.917 bits per heavy atom. The van der Waals surface area contributed by atoms with Crippen molar-refractivity contribution in [3.8, 4) is 22.4 Å². The minimum atomic E-state index is -0.217. The summed E-state index contributed by atoms with van der Waals surface area (Å²) in [5.41, 5.74) is 12.8. The number of aromatic nitrogens is 5. The molecule has 1 amide bonds. The molecule has 5 rings (SSSR count). The van der Waals surface area contributed by atoms with Gasteiger partial charge in [0.25, 0.3) is 5.91 Å². The lowest BCUT2D eigenvalue weighted by Crippen LogP contribution is -2.11. The van der Waals surface area contributed by atoms with Crippen molar-refractivity contribution in [3.05, 3.63) is 85.5 Å². The van der Waals surface area contributed by atoms with Gasteiger partial charge < -0.3 is 20.9 Å². The third-order valence-electron chi connectivity index (χ3n) is 5.80. The van der Waals surface area contributed by atoms with Gasteiger partial charge in [-0.2, -0.15) is 0 Å². The van der Waals surface area contributed by atoms with Crippen LogP contribution in [-0.2, 0) is 11.8 Å². The van der Waals surface area contributed by atoms with Gasteiger partial charge in [-0.25, -0.2) is 19.9 Å². The van der Waals surface area contributed by atoms with Gasteiger partial charge in [0.2, 0.25) is 5.95 Å². The summed E-state index contributed by atoms with van der Waals surface area (Å²) in [6, 6.07) is 17.4. The summed E-state index contributed by atoms with van der Waals surface area (Å²) in [5, 5.41) is 6.81. The lowest BCUT2D eigenvalue weighted by Gasteiger charge is -2.11. The maximum absolute atomic E-state index is 12.0. The summed E-state index contributed by atoms with van der Waals surface area (Å²) in [6.45, 7) is 5.35. The molecule has 2 aromatic carbocycles. The molecule has 0 unspecified atom stereocenters. The fourth-order valence-electron chi connectivity index (χ4n) is 4.06. The number of anilines is 4. The van der Waals surface area contributed by atoms with E-state index in [0.717, 1.165) is 39.1 Å². The highest BCUT2D eigenvalue weighted by molar-refractivity contribution is 6.08. The first-order valence-electron chi connectivity index (χ1n) is 11.2. The van der Waals surface area contributed by atoms with Crippen molar-refractivity contribution in [1.29, 1.82) is 0 Å². The lowest BCUT2D eigenvalue weighted by atomic mass is 9.98. The van der Waals surface area contributed by atoms with E-state index in [4.69, 9.17) is 5.73 Å². The second-order valence-corrected chi connectivity index (χ2v) is 8.33. The molecule has 3 heterocycles. The summed E-state index contributed by atoms with van der Waals surface area (Å²) in [4.78, 5) is 29.2. The molecule has 36 heavy (non-hydrogen) atoms. The number of nitrogen functional groups attached to an aromatic ring is 1. The van der Waals surface area contributed by atoms with Gasteiger partial charge in [-0.3, -0.25) is 4.79 Å². The zero-order valence-corrected chi connectivity index (χ0v) is 19.9. The quantitative estimate of drug-likeness (QED) is 0.297. The Bertz CT molecular complexity index is 1570. The number of carbonyl (C=O) groups excluding carboxylic acids is 1. The van der Waals surface area contributed by atoms with E-state index in [1.807, 2.05) is 60.1 Å². The number of nitrogens with one attached hydrogen (secondary N) is 2. The Hall–Kier alpha value is -5.05. The van der Waals surface area contributed by atoms with E-state index < -0.39 is 0 Å². The maximum Gasteiger partial charge on any atom is 0.250 e. The monoisotopic (exact) mass is 476 g/mol. The highest BCUT2D eigenvalue weighted by atomic mass is 16.1. The molecule has 3 aromatic heterocycles. The molecule has 0 spiro atoms. The van der Waals surface area contributed by atoms with E-state index in [1.54, 1.807) is 25.4 Å². The minimum absolute atomic E-state index is 0.217. The zero-order valence-electron chi connectivity index (χ0n) is 19.9. The van der Waals surface area contributed by atoms with E-state index in [9.17, 15) is 4.79 Å².